The van der Waals surface area contributed by atoms with Crippen molar-refractivity contribution in [3.8, 4) is 5.75 Å². The number of rotatable bonds is 3. The van der Waals surface area contributed by atoms with Gasteiger partial charge in [0.05, 0.1) is 14.2 Å². The number of benzene rings is 1. The molecule has 0 heterocycles. The first-order chi connectivity index (χ1) is 7.02. The van der Waals surface area contributed by atoms with Crippen LogP contribution in [-0.4, -0.2) is 25.3 Å². The Hall–Kier alpha value is -1.55. The predicted octanol–water partition coefficient (Wildman–Crippen LogP) is 1.08. The molecule has 0 saturated carbocycles. The second-order valence-corrected chi connectivity index (χ2v) is 3.29. The van der Waals surface area contributed by atoms with Gasteiger partial charge in [-0.05, 0) is 24.6 Å². The molecule has 4 heteroatoms. The van der Waals surface area contributed by atoms with E-state index in [1.807, 2.05) is 0 Å². The van der Waals surface area contributed by atoms with Gasteiger partial charge in [0.25, 0.3) is 0 Å². The Balaban J connectivity index is 3.00. The summed E-state index contributed by atoms with van der Waals surface area (Å²) in [5, 5.41) is 9.90. The predicted molar refractivity (Wildman–Crippen MR) is 54.6 cm³/mol. The maximum atomic E-state index is 11.3. The Bertz CT molecular complexity index is 340. The van der Waals surface area contributed by atoms with Crippen molar-refractivity contribution in [3.05, 3.63) is 29.8 Å². The van der Waals surface area contributed by atoms with Crippen molar-refractivity contribution in [1.82, 2.24) is 0 Å². The van der Waals surface area contributed by atoms with Gasteiger partial charge in [0.15, 0.2) is 5.60 Å². The molecule has 15 heavy (non-hydrogen) atoms. The molecule has 0 radical (unpaired) electrons. The molecular weight excluding hydrogens is 196 g/mol. The molecule has 82 valence electrons. The van der Waals surface area contributed by atoms with Crippen LogP contribution in [0.4, 0.5) is 0 Å². The second kappa shape index (κ2) is 4.31. The molecule has 0 bridgehead atoms. The number of hydrogen-bond acceptors (Lipinski definition) is 4. The van der Waals surface area contributed by atoms with Crippen molar-refractivity contribution in [2.45, 2.75) is 12.5 Å². The van der Waals surface area contributed by atoms with Crippen LogP contribution in [0.1, 0.15) is 12.5 Å². The van der Waals surface area contributed by atoms with E-state index >= 15 is 0 Å². The molecule has 1 N–H and O–H groups in total. The van der Waals surface area contributed by atoms with E-state index in [4.69, 9.17) is 4.74 Å². The lowest BCUT2D eigenvalue weighted by atomic mass is 9.96. The first kappa shape index (κ1) is 11.5. The Morgan fingerprint density at radius 2 is 1.80 bits per heavy atom. The minimum Gasteiger partial charge on any atom is -0.497 e. The highest BCUT2D eigenvalue weighted by Gasteiger charge is 2.33. The van der Waals surface area contributed by atoms with Crippen molar-refractivity contribution in [2.24, 2.45) is 0 Å². The normalized spacial score (nSPS) is 14.1. The third-order valence-corrected chi connectivity index (χ3v) is 2.23. The SMILES string of the molecule is COC(=O)C(C)(O)c1ccc(OC)cc1. The fourth-order valence-corrected chi connectivity index (χ4v) is 1.23. The molecule has 0 aliphatic heterocycles. The van der Waals surface area contributed by atoms with Gasteiger partial charge in [0.1, 0.15) is 5.75 Å². The first-order valence-electron chi connectivity index (χ1n) is 4.47. The highest BCUT2D eigenvalue weighted by atomic mass is 16.5. The monoisotopic (exact) mass is 210 g/mol. The van der Waals surface area contributed by atoms with Gasteiger partial charge < -0.3 is 14.6 Å². The maximum absolute atomic E-state index is 11.3. The van der Waals surface area contributed by atoms with Crippen molar-refractivity contribution < 1.29 is 19.4 Å². The topological polar surface area (TPSA) is 55.8 Å². The lowest BCUT2D eigenvalue weighted by Crippen LogP contribution is -2.33. The van der Waals surface area contributed by atoms with Gasteiger partial charge >= 0.3 is 5.97 Å². The average molecular weight is 210 g/mol. The second-order valence-electron chi connectivity index (χ2n) is 3.29. The molecule has 0 amide bonds. The fraction of sp³-hybridized carbons (Fsp3) is 0.364. The smallest absolute Gasteiger partial charge is 0.342 e. The van der Waals surface area contributed by atoms with Crippen molar-refractivity contribution in [2.75, 3.05) is 14.2 Å². The number of hydrogen-bond donors (Lipinski definition) is 1. The minimum atomic E-state index is -1.62. The van der Waals surface area contributed by atoms with Crippen LogP contribution in [-0.2, 0) is 15.1 Å². The Morgan fingerprint density at radius 1 is 1.27 bits per heavy atom. The molecule has 1 unspecified atom stereocenters. The number of esters is 1. The van der Waals surface area contributed by atoms with Crippen molar-refractivity contribution >= 4 is 5.97 Å². The van der Waals surface area contributed by atoms with Crippen molar-refractivity contribution in [3.63, 3.8) is 0 Å². The minimum absolute atomic E-state index is 0.468. The Morgan fingerprint density at radius 3 is 2.20 bits per heavy atom. The summed E-state index contributed by atoms with van der Waals surface area (Å²) in [7, 11) is 2.79. The Labute approximate surface area is 88.4 Å². The Kier molecular flexibility index (Phi) is 3.31. The molecule has 0 fully saturated rings. The molecule has 0 saturated heterocycles. The van der Waals surface area contributed by atoms with Crippen LogP contribution in [0.5, 0.6) is 5.75 Å². The first-order valence-corrected chi connectivity index (χ1v) is 4.47. The van der Waals surface area contributed by atoms with Gasteiger partial charge in [0.2, 0.25) is 0 Å². The molecule has 1 rings (SSSR count). The molecule has 1 aromatic rings. The van der Waals surface area contributed by atoms with Crippen LogP contribution in [0.25, 0.3) is 0 Å². The van der Waals surface area contributed by atoms with E-state index in [0.717, 1.165) is 0 Å². The summed E-state index contributed by atoms with van der Waals surface area (Å²) in [5.41, 5.74) is -1.16. The molecular formula is C11H14O4. The zero-order chi connectivity index (χ0) is 11.5. The summed E-state index contributed by atoms with van der Waals surface area (Å²) in [6, 6.07) is 6.59. The average Bonchev–Trinajstić information content (AvgIpc) is 2.28. The summed E-state index contributed by atoms with van der Waals surface area (Å²) in [6.07, 6.45) is 0. The van der Waals surface area contributed by atoms with Crippen LogP contribution < -0.4 is 4.74 Å². The molecule has 0 spiro atoms. The highest BCUT2D eigenvalue weighted by molar-refractivity contribution is 5.80. The van der Waals surface area contributed by atoms with E-state index in [0.29, 0.717) is 11.3 Å². The summed E-state index contributed by atoms with van der Waals surface area (Å²) in [6.45, 7) is 1.39. The zero-order valence-electron chi connectivity index (χ0n) is 8.98. The molecule has 4 nitrogen and oxygen atoms in total. The third kappa shape index (κ3) is 2.27. The van der Waals surface area contributed by atoms with Gasteiger partial charge in [0, 0.05) is 0 Å². The summed E-state index contributed by atoms with van der Waals surface area (Å²) in [5.74, 6) is -0.0212. The van der Waals surface area contributed by atoms with Gasteiger partial charge in [-0.15, -0.1) is 0 Å². The largest absolute Gasteiger partial charge is 0.497 e. The molecule has 0 aromatic heterocycles. The van der Waals surface area contributed by atoms with Gasteiger partial charge in [-0.1, -0.05) is 12.1 Å². The highest BCUT2D eigenvalue weighted by Crippen LogP contribution is 2.24. The number of methoxy groups -OCH3 is 2. The van der Waals surface area contributed by atoms with E-state index in [-0.39, 0.29) is 0 Å². The molecule has 0 aliphatic rings. The van der Waals surface area contributed by atoms with E-state index in [1.54, 1.807) is 31.4 Å². The summed E-state index contributed by atoms with van der Waals surface area (Å²) < 4.78 is 9.48. The van der Waals surface area contributed by atoms with Crippen LogP contribution in [0, 0.1) is 0 Å². The number of ether oxygens (including phenoxy) is 2. The number of carbonyl (C=O) groups excluding carboxylic acids is 1. The summed E-state index contributed by atoms with van der Waals surface area (Å²) in [4.78, 5) is 11.3. The van der Waals surface area contributed by atoms with Gasteiger partial charge in [-0.3, -0.25) is 0 Å². The summed E-state index contributed by atoms with van der Waals surface area (Å²) >= 11 is 0. The lowest BCUT2D eigenvalue weighted by Gasteiger charge is -2.20. The quantitative estimate of drug-likeness (QED) is 0.758. The third-order valence-electron chi connectivity index (χ3n) is 2.23. The van der Waals surface area contributed by atoms with E-state index in [1.165, 1.54) is 14.0 Å². The fourth-order valence-electron chi connectivity index (χ4n) is 1.23. The number of aliphatic hydroxyl groups is 1. The number of carbonyl (C=O) groups is 1. The molecule has 0 aliphatic carbocycles. The van der Waals surface area contributed by atoms with Crippen LogP contribution in [0.2, 0.25) is 0 Å². The van der Waals surface area contributed by atoms with Gasteiger partial charge in [-0.25, -0.2) is 4.79 Å². The van der Waals surface area contributed by atoms with Gasteiger partial charge in [-0.2, -0.15) is 0 Å². The molecule has 1 atom stereocenters. The van der Waals surface area contributed by atoms with E-state index in [9.17, 15) is 9.90 Å². The zero-order valence-corrected chi connectivity index (χ0v) is 8.98. The lowest BCUT2D eigenvalue weighted by molar-refractivity contribution is -0.161. The van der Waals surface area contributed by atoms with Crippen LogP contribution >= 0.6 is 0 Å². The van der Waals surface area contributed by atoms with E-state index in [2.05, 4.69) is 4.74 Å². The maximum Gasteiger partial charge on any atom is 0.342 e. The van der Waals surface area contributed by atoms with Crippen LogP contribution in [0.15, 0.2) is 24.3 Å². The molecule has 1 aromatic carbocycles. The van der Waals surface area contributed by atoms with E-state index < -0.39 is 11.6 Å². The van der Waals surface area contributed by atoms with Crippen LogP contribution in [0.3, 0.4) is 0 Å². The van der Waals surface area contributed by atoms with Crippen molar-refractivity contribution in [1.29, 1.82) is 0 Å². The standard InChI is InChI=1S/C11H14O4/c1-11(13,10(12)15-3)8-4-6-9(14-2)7-5-8/h4-7,13H,1-3H3.